The highest BCUT2D eigenvalue weighted by Gasteiger charge is 2.32. The number of carbonyl (C=O) groups excluding carboxylic acids is 1. The highest BCUT2D eigenvalue weighted by molar-refractivity contribution is 5.98. The van der Waals surface area contributed by atoms with Gasteiger partial charge in [0.2, 0.25) is 0 Å². The van der Waals surface area contributed by atoms with Crippen LogP contribution in [0.3, 0.4) is 0 Å². The van der Waals surface area contributed by atoms with Crippen LogP contribution < -0.4 is 0 Å². The van der Waals surface area contributed by atoms with Crippen LogP contribution >= 0.6 is 0 Å². The number of carbonyl (C=O) groups is 1. The van der Waals surface area contributed by atoms with Gasteiger partial charge in [-0.15, -0.1) is 0 Å². The molecular formula is C11H6F3NO. The molecule has 0 radical (unpaired) electrons. The zero-order valence-electron chi connectivity index (χ0n) is 7.95. The number of hydrogen-bond donors (Lipinski definition) is 0. The quantitative estimate of drug-likeness (QED) is 0.698. The van der Waals surface area contributed by atoms with Gasteiger partial charge in [0, 0.05) is 23.3 Å². The van der Waals surface area contributed by atoms with Crippen molar-refractivity contribution in [1.29, 1.82) is 0 Å². The summed E-state index contributed by atoms with van der Waals surface area (Å²) in [5.74, 6) is 0. The molecule has 2 rings (SSSR count). The van der Waals surface area contributed by atoms with Crippen molar-refractivity contribution in [3.05, 3.63) is 41.7 Å². The Labute approximate surface area is 88.7 Å². The first-order valence-corrected chi connectivity index (χ1v) is 4.43. The van der Waals surface area contributed by atoms with Crippen molar-refractivity contribution < 1.29 is 18.0 Å². The molecule has 1 heterocycles. The van der Waals surface area contributed by atoms with E-state index in [0.717, 1.165) is 12.3 Å². The highest BCUT2D eigenvalue weighted by Crippen LogP contribution is 2.34. The largest absolute Gasteiger partial charge is 0.417 e. The number of aldehydes is 1. The zero-order chi connectivity index (χ0) is 11.8. The molecule has 0 atom stereocenters. The van der Waals surface area contributed by atoms with Crippen molar-refractivity contribution in [1.82, 2.24) is 4.98 Å². The molecule has 2 aromatic rings. The maximum atomic E-state index is 12.6. The maximum absolute atomic E-state index is 12.6. The van der Waals surface area contributed by atoms with Crippen LogP contribution in [0.4, 0.5) is 13.2 Å². The van der Waals surface area contributed by atoms with E-state index in [2.05, 4.69) is 4.98 Å². The number of pyridine rings is 1. The molecule has 0 spiro atoms. The van der Waals surface area contributed by atoms with E-state index in [-0.39, 0.29) is 16.3 Å². The molecule has 0 unspecified atom stereocenters. The fourth-order valence-corrected chi connectivity index (χ4v) is 1.56. The summed E-state index contributed by atoms with van der Waals surface area (Å²) in [6.45, 7) is 0. The number of benzene rings is 1. The second-order valence-electron chi connectivity index (χ2n) is 3.25. The van der Waals surface area contributed by atoms with Gasteiger partial charge in [0.15, 0.2) is 6.29 Å². The normalized spacial score (nSPS) is 11.7. The van der Waals surface area contributed by atoms with Gasteiger partial charge in [-0.2, -0.15) is 13.2 Å². The van der Waals surface area contributed by atoms with E-state index in [1.165, 1.54) is 18.3 Å². The summed E-state index contributed by atoms with van der Waals surface area (Å²) in [6.07, 6.45) is -1.58. The topological polar surface area (TPSA) is 30.0 Å². The predicted octanol–water partition coefficient (Wildman–Crippen LogP) is 3.07. The number of hydrogen-bond acceptors (Lipinski definition) is 2. The van der Waals surface area contributed by atoms with E-state index >= 15 is 0 Å². The van der Waals surface area contributed by atoms with Crippen molar-refractivity contribution in [2.75, 3.05) is 0 Å². The third kappa shape index (κ3) is 1.64. The van der Waals surface area contributed by atoms with Gasteiger partial charge in [0.1, 0.15) is 0 Å². The van der Waals surface area contributed by atoms with E-state index in [4.69, 9.17) is 0 Å². The minimum absolute atomic E-state index is 0.0559. The molecule has 0 aliphatic rings. The molecule has 0 aliphatic heterocycles. The lowest BCUT2D eigenvalue weighted by Crippen LogP contribution is -2.06. The Morgan fingerprint density at radius 1 is 1.12 bits per heavy atom. The van der Waals surface area contributed by atoms with Crippen molar-refractivity contribution in [2.24, 2.45) is 0 Å². The van der Waals surface area contributed by atoms with Crippen LogP contribution in [0, 0.1) is 0 Å². The van der Waals surface area contributed by atoms with Gasteiger partial charge in [-0.3, -0.25) is 9.78 Å². The lowest BCUT2D eigenvalue weighted by Gasteiger charge is -2.10. The number of rotatable bonds is 1. The summed E-state index contributed by atoms with van der Waals surface area (Å²) < 4.78 is 37.9. The van der Waals surface area contributed by atoms with E-state index in [1.807, 2.05) is 0 Å². The molecule has 0 bridgehead atoms. The van der Waals surface area contributed by atoms with Gasteiger partial charge in [-0.05, 0) is 11.5 Å². The number of halogens is 3. The molecule has 0 saturated carbocycles. The Kier molecular flexibility index (Phi) is 2.38. The molecule has 0 fully saturated rings. The Morgan fingerprint density at radius 3 is 2.50 bits per heavy atom. The van der Waals surface area contributed by atoms with Crippen LogP contribution in [0.1, 0.15) is 15.9 Å². The SMILES string of the molecule is O=Cc1cncc2c(C(F)(F)F)cccc12. The summed E-state index contributed by atoms with van der Waals surface area (Å²) in [5, 5.41) is 0.208. The molecule has 0 saturated heterocycles. The smallest absolute Gasteiger partial charge is 0.298 e. The maximum Gasteiger partial charge on any atom is 0.417 e. The third-order valence-corrected chi connectivity index (χ3v) is 2.27. The first kappa shape index (κ1) is 10.6. The highest BCUT2D eigenvalue weighted by atomic mass is 19.4. The lowest BCUT2D eigenvalue weighted by atomic mass is 10.0. The number of nitrogens with zero attached hydrogens (tertiary/aromatic N) is 1. The first-order valence-electron chi connectivity index (χ1n) is 4.43. The average molecular weight is 225 g/mol. The predicted molar refractivity (Wildman–Crippen MR) is 52.1 cm³/mol. The molecule has 82 valence electrons. The molecule has 1 aromatic heterocycles. The number of alkyl halides is 3. The van der Waals surface area contributed by atoms with Gasteiger partial charge >= 0.3 is 6.18 Å². The number of fused-ring (bicyclic) bond motifs is 1. The second kappa shape index (κ2) is 3.59. The van der Waals surface area contributed by atoms with E-state index in [1.54, 1.807) is 0 Å². The minimum atomic E-state index is -4.44. The van der Waals surface area contributed by atoms with Crippen molar-refractivity contribution >= 4 is 17.1 Å². The van der Waals surface area contributed by atoms with Crippen LogP contribution in [-0.4, -0.2) is 11.3 Å². The summed E-state index contributed by atoms with van der Waals surface area (Å²) >= 11 is 0. The van der Waals surface area contributed by atoms with Crippen molar-refractivity contribution in [3.8, 4) is 0 Å². The van der Waals surface area contributed by atoms with E-state index < -0.39 is 11.7 Å². The first-order chi connectivity index (χ1) is 7.54. The van der Waals surface area contributed by atoms with Gasteiger partial charge in [0.05, 0.1) is 5.56 Å². The summed E-state index contributed by atoms with van der Waals surface area (Å²) in [6, 6.07) is 3.72. The average Bonchev–Trinajstić information content (AvgIpc) is 2.26. The Balaban J connectivity index is 2.84. The summed E-state index contributed by atoms with van der Waals surface area (Å²) in [5.41, 5.74) is -0.621. The molecular weight excluding hydrogens is 219 g/mol. The fraction of sp³-hybridized carbons (Fsp3) is 0.0909. The third-order valence-electron chi connectivity index (χ3n) is 2.27. The molecule has 16 heavy (non-hydrogen) atoms. The van der Waals surface area contributed by atoms with E-state index in [9.17, 15) is 18.0 Å². The van der Waals surface area contributed by atoms with Gasteiger partial charge in [-0.1, -0.05) is 12.1 Å². The van der Waals surface area contributed by atoms with Crippen LogP contribution in [0.2, 0.25) is 0 Å². The summed E-state index contributed by atoms with van der Waals surface area (Å²) in [7, 11) is 0. The molecule has 1 aromatic carbocycles. The Hall–Kier alpha value is -1.91. The van der Waals surface area contributed by atoms with Crippen LogP contribution in [0.15, 0.2) is 30.6 Å². The molecule has 0 amide bonds. The van der Waals surface area contributed by atoms with Crippen molar-refractivity contribution in [3.63, 3.8) is 0 Å². The van der Waals surface area contributed by atoms with Gasteiger partial charge in [-0.25, -0.2) is 0 Å². The van der Waals surface area contributed by atoms with Gasteiger partial charge in [0.25, 0.3) is 0 Å². The van der Waals surface area contributed by atoms with Crippen LogP contribution in [-0.2, 0) is 6.18 Å². The van der Waals surface area contributed by atoms with Crippen LogP contribution in [0.5, 0.6) is 0 Å². The molecule has 5 heteroatoms. The molecule has 2 nitrogen and oxygen atoms in total. The standard InChI is InChI=1S/C11H6F3NO/c12-11(13,14)10-3-1-2-8-7(6-16)4-15-5-9(8)10/h1-6H. The monoisotopic (exact) mass is 225 g/mol. The van der Waals surface area contributed by atoms with E-state index in [0.29, 0.717) is 6.29 Å². The number of aromatic nitrogens is 1. The fourth-order valence-electron chi connectivity index (χ4n) is 1.56. The van der Waals surface area contributed by atoms with Crippen molar-refractivity contribution in [2.45, 2.75) is 6.18 Å². The molecule has 0 N–H and O–H groups in total. The Morgan fingerprint density at radius 2 is 1.88 bits per heavy atom. The summed E-state index contributed by atoms with van der Waals surface area (Å²) in [4.78, 5) is 14.3. The minimum Gasteiger partial charge on any atom is -0.298 e. The zero-order valence-corrected chi connectivity index (χ0v) is 7.95. The Bertz CT molecular complexity index is 548. The van der Waals surface area contributed by atoms with Gasteiger partial charge < -0.3 is 0 Å². The molecule has 0 aliphatic carbocycles. The lowest BCUT2D eigenvalue weighted by molar-refractivity contribution is -0.136. The second-order valence-corrected chi connectivity index (χ2v) is 3.25. The van der Waals surface area contributed by atoms with Crippen LogP contribution in [0.25, 0.3) is 10.8 Å².